The van der Waals surface area contributed by atoms with Gasteiger partial charge in [0, 0.05) is 23.8 Å². The predicted octanol–water partition coefficient (Wildman–Crippen LogP) is 4.05. The number of pyridine rings is 1. The standard InChI is InChI=1S/C17H24BrClN2O3/c1-17(2,3)24-16(23)21-6-4-11(5-7-21)14(22)8-12-9-15(19)20-10-13(12)18/h9-11,14,22H,4-8H2,1-3H3. The summed E-state index contributed by atoms with van der Waals surface area (Å²) in [5, 5.41) is 11.0. The SMILES string of the molecule is CC(C)(C)OC(=O)N1CCC(C(O)Cc2cc(Cl)ncc2Br)CC1. The number of aliphatic hydroxyl groups is 1. The first kappa shape index (κ1) is 19.5. The molecule has 0 aliphatic carbocycles. The van der Waals surface area contributed by atoms with Gasteiger partial charge < -0.3 is 14.7 Å². The molecule has 1 amide bonds. The number of halogens is 2. The Bertz CT molecular complexity index is 584. The lowest BCUT2D eigenvalue weighted by Gasteiger charge is -2.35. The molecule has 7 heteroatoms. The topological polar surface area (TPSA) is 62.7 Å². The molecule has 24 heavy (non-hydrogen) atoms. The van der Waals surface area contributed by atoms with E-state index in [9.17, 15) is 9.90 Å². The zero-order chi connectivity index (χ0) is 17.9. The van der Waals surface area contributed by atoms with Crippen molar-refractivity contribution in [3.8, 4) is 0 Å². The van der Waals surface area contributed by atoms with Gasteiger partial charge in [0.15, 0.2) is 0 Å². The van der Waals surface area contributed by atoms with Crippen molar-refractivity contribution in [2.45, 2.75) is 51.7 Å². The van der Waals surface area contributed by atoms with Crippen LogP contribution in [0.2, 0.25) is 5.15 Å². The Morgan fingerprint density at radius 1 is 1.50 bits per heavy atom. The Kier molecular flexibility index (Phi) is 6.51. The minimum atomic E-state index is -0.486. The van der Waals surface area contributed by atoms with Crippen molar-refractivity contribution in [1.82, 2.24) is 9.88 Å². The fourth-order valence-electron chi connectivity index (χ4n) is 2.79. The Labute approximate surface area is 156 Å². The van der Waals surface area contributed by atoms with E-state index in [4.69, 9.17) is 16.3 Å². The Morgan fingerprint density at radius 3 is 2.71 bits per heavy atom. The van der Waals surface area contributed by atoms with E-state index >= 15 is 0 Å². The van der Waals surface area contributed by atoms with Gasteiger partial charge in [0.25, 0.3) is 0 Å². The Morgan fingerprint density at radius 2 is 2.12 bits per heavy atom. The van der Waals surface area contributed by atoms with Crippen LogP contribution in [-0.2, 0) is 11.2 Å². The van der Waals surface area contributed by atoms with E-state index in [1.165, 1.54) is 0 Å². The number of nitrogens with zero attached hydrogens (tertiary/aromatic N) is 2. The molecule has 1 aromatic heterocycles. The monoisotopic (exact) mass is 418 g/mol. The summed E-state index contributed by atoms with van der Waals surface area (Å²) in [4.78, 5) is 17.8. The lowest BCUT2D eigenvalue weighted by atomic mass is 9.88. The Balaban J connectivity index is 1.87. The fraction of sp³-hybridized carbons (Fsp3) is 0.647. The summed E-state index contributed by atoms with van der Waals surface area (Å²) in [7, 11) is 0. The van der Waals surface area contributed by atoms with Gasteiger partial charge in [0.1, 0.15) is 10.8 Å². The molecular formula is C17H24BrClN2O3. The van der Waals surface area contributed by atoms with Crippen molar-refractivity contribution >= 4 is 33.6 Å². The van der Waals surface area contributed by atoms with Crippen LogP contribution in [-0.4, -0.2) is 45.9 Å². The molecule has 1 unspecified atom stereocenters. The highest BCUT2D eigenvalue weighted by Crippen LogP contribution is 2.27. The zero-order valence-corrected chi connectivity index (χ0v) is 16.6. The van der Waals surface area contributed by atoms with Crippen LogP contribution in [0.3, 0.4) is 0 Å². The van der Waals surface area contributed by atoms with Crippen LogP contribution in [0.25, 0.3) is 0 Å². The molecule has 1 fully saturated rings. The van der Waals surface area contributed by atoms with Crippen LogP contribution in [0.4, 0.5) is 4.79 Å². The summed E-state index contributed by atoms with van der Waals surface area (Å²) >= 11 is 9.36. The van der Waals surface area contributed by atoms with Gasteiger partial charge >= 0.3 is 6.09 Å². The highest BCUT2D eigenvalue weighted by molar-refractivity contribution is 9.10. The van der Waals surface area contributed by atoms with Gasteiger partial charge in [-0.25, -0.2) is 9.78 Å². The van der Waals surface area contributed by atoms with Gasteiger partial charge in [0.05, 0.1) is 6.10 Å². The number of hydrogen-bond acceptors (Lipinski definition) is 4. The van der Waals surface area contributed by atoms with Crippen LogP contribution in [0.15, 0.2) is 16.7 Å². The summed E-state index contributed by atoms with van der Waals surface area (Å²) in [6, 6.07) is 1.77. The van der Waals surface area contributed by atoms with Gasteiger partial charge in [0.2, 0.25) is 0 Å². The second-order valence-corrected chi connectivity index (χ2v) is 8.42. The molecule has 0 bridgehead atoms. The molecule has 1 aliphatic heterocycles. The van der Waals surface area contributed by atoms with E-state index in [1.54, 1.807) is 17.2 Å². The van der Waals surface area contributed by atoms with E-state index < -0.39 is 11.7 Å². The number of rotatable bonds is 3. The number of carbonyl (C=O) groups is 1. The van der Waals surface area contributed by atoms with Gasteiger partial charge in [-0.15, -0.1) is 0 Å². The lowest BCUT2D eigenvalue weighted by molar-refractivity contribution is 0.00798. The largest absolute Gasteiger partial charge is 0.444 e. The van der Waals surface area contributed by atoms with Crippen molar-refractivity contribution in [3.63, 3.8) is 0 Å². The molecule has 1 atom stereocenters. The van der Waals surface area contributed by atoms with Gasteiger partial charge in [-0.2, -0.15) is 0 Å². The molecule has 2 rings (SSSR count). The molecule has 1 aliphatic rings. The number of aromatic nitrogens is 1. The number of aliphatic hydroxyl groups excluding tert-OH is 1. The van der Waals surface area contributed by atoms with Crippen LogP contribution in [0, 0.1) is 5.92 Å². The third kappa shape index (κ3) is 5.60. The summed E-state index contributed by atoms with van der Waals surface area (Å²) in [5.41, 5.74) is 0.456. The number of likely N-dealkylation sites (tertiary alicyclic amines) is 1. The number of carbonyl (C=O) groups excluding carboxylic acids is 1. The van der Waals surface area contributed by atoms with Crippen LogP contribution in [0.1, 0.15) is 39.2 Å². The first-order valence-corrected chi connectivity index (χ1v) is 9.29. The minimum Gasteiger partial charge on any atom is -0.444 e. The second kappa shape index (κ2) is 8.02. The summed E-state index contributed by atoms with van der Waals surface area (Å²) < 4.78 is 6.24. The van der Waals surface area contributed by atoms with E-state index in [0.717, 1.165) is 22.9 Å². The minimum absolute atomic E-state index is 0.155. The molecule has 1 N–H and O–H groups in total. The third-order valence-electron chi connectivity index (χ3n) is 4.07. The molecule has 1 aromatic rings. The molecular weight excluding hydrogens is 396 g/mol. The average molecular weight is 420 g/mol. The van der Waals surface area contributed by atoms with Crippen molar-refractivity contribution in [2.24, 2.45) is 5.92 Å². The second-order valence-electron chi connectivity index (χ2n) is 7.17. The maximum atomic E-state index is 12.1. The van der Waals surface area contributed by atoms with Crippen LogP contribution in [0.5, 0.6) is 0 Å². The Hall–Kier alpha value is -0.850. The maximum absolute atomic E-state index is 12.1. The highest BCUT2D eigenvalue weighted by Gasteiger charge is 2.30. The maximum Gasteiger partial charge on any atom is 0.410 e. The molecule has 1 saturated heterocycles. The zero-order valence-electron chi connectivity index (χ0n) is 14.3. The summed E-state index contributed by atoms with van der Waals surface area (Å²) in [5.74, 6) is 0.155. The van der Waals surface area contributed by atoms with Gasteiger partial charge in [-0.05, 0) is 73.5 Å². The van der Waals surface area contributed by atoms with E-state index in [2.05, 4.69) is 20.9 Å². The van der Waals surface area contributed by atoms with Crippen molar-refractivity contribution < 1.29 is 14.6 Å². The van der Waals surface area contributed by atoms with E-state index in [-0.39, 0.29) is 12.0 Å². The van der Waals surface area contributed by atoms with Crippen molar-refractivity contribution in [1.29, 1.82) is 0 Å². The van der Waals surface area contributed by atoms with Crippen molar-refractivity contribution in [3.05, 3.63) is 27.5 Å². The quantitative estimate of drug-likeness (QED) is 0.751. The molecule has 0 spiro atoms. The first-order valence-electron chi connectivity index (χ1n) is 8.11. The smallest absolute Gasteiger partial charge is 0.410 e. The molecule has 0 radical (unpaired) electrons. The lowest BCUT2D eigenvalue weighted by Crippen LogP contribution is -2.43. The van der Waals surface area contributed by atoms with E-state index in [1.807, 2.05) is 20.8 Å². The number of ether oxygens (including phenoxy) is 1. The number of piperidine rings is 1. The fourth-order valence-corrected chi connectivity index (χ4v) is 3.35. The van der Waals surface area contributed by atoms with Gasteiger partial charge in [-0.3, -0.25) is 0 Å². The van der Waals surface area contributed by atoms with Gasteiger partial charge in [-0.1, -0.05) is 11.6 Å². The molecule has 0 saturated carbocycles. The number of hydrogen-bond donors (Lipinski definition) is 1. The summed E-state index contributed by atoms with van der Waals surface area (Å²) in [6.45, 7) is 6.79. The summed E-state index contributed by atoms with van der Waals surface area (Å²) in [6.07, 6.45) is 2.93. The first-order chi connectivity index (χ1) is 11.2. The molecule has 134 valence electrons. The van der Waals surface area contributed by atoms with Crippen molar-refractivity contribution in [2.75, 3.05) is 13.1 Å². The molecule has 5 nitrogen and oxygen atoms in total. The predicted molar refractivity (Wildman–Crippen MR) is 97.2 cm³/mol. The molecule has 0 aromatic carbocycles. The molecule has 2 heterocycles. The highest BCUT2D eigenvalue weighted by atomic mass is 79.9. The van der Waals surface area contributed by atoms with Crippen LogP contribution >= 0.6 is 27.5 Å². The third-order valence-corrected chi connectivity index (χ3v) is 4.99. The van der Waals surface area contributed by atoms with E-state index in [0.29, 0.717) is 24.7 Å². The number of amides is 1. The van der Waals surface area contributed by atoms with Crippen LogP contribution < -0.4 is 0 Å². The normalized spacial score (nSPS) is 17.7. The average Bonchev–Trinajstić information content (AvgIpc) is 2.49.